The van der Waals surface area contributed by atoms with E-state index < -0.39 is 14.2 Å². The van der Waals surface area contributed by atoms with Crippen LogP contribution in [0.3, 0.4) is 0 Å². The molecule has 0 amide bonds. The zero-order chi connectivity index (χ0) is 16.6. The van der Waals surface area contributed by atoms with E-state index in [1.165, 1.54) is 0 Å². The van der Waals surface area contributed by atoms with Crippen molar-refractivity contribution in [3.05, 3.63) is 0 Å². The molecule has 0 saturated carbocycles. The molecular formula is C15H35NO4Si. The monoisotopic (exact) mass is 321 g/mol. The molecule has 0 fully saturated rings. The topological polar surface area (TPSA) is 84.9 Å². The molecule has 0 rings (SSSR count). The van der Waals surface area contributed by atoms with Crippen LogP contribution >= 0.6 is 0 Å². The fraction of sp³-hybridized carbons (Fsp3) is 1.00. The summed E-state index contributed by atoms with van der Waals surface area (Å²) in [5.74, 6) is 0. The highest BCUT2D eigenvalue weighted by atomic mass is 28.4. The average Bonchev–Trinajstić information content (AvgIpc) is 2.37. The largest absolute Gasteiger partial charge is 0.396 e. The van der Waals surface area contributed by atoms with E-state index in [1.807, 2.05) is 13.8 Å². The molecule has 0 spiro atoms. The quantitative estimate of drug-likeness (QED) is 0.479. The predicted octanol–water partition coefficient (Wildman–Crippen LogP) is 2.01. The van der Waals surface area contributed by atoms with E-state index in [9.17, 15) is 10.2 Å². The second-order valence-corrected chi connectivity index (χ2v) is 10.2. The minimum Gasteiger partial charge on any atom is -0.396 e. The molecule has 1 unspecified atom stereocenters. The molecule has 6 heteroatoms. The van der Waals surface area contributed by atoms with Gasteiger partial charge in [0.1, 0.15) is 0 Å². The Hall–Kier alpha value is 0.0169. The third-order valence-electron chi connectivity index (χ3n) is 4.00. The smallest absolute Gasteiger partial charge is 0.335 e. The highest BCUT2D eigenvalue weighted by Crippen LogP contribution is 2.32. The lowest BCUT2D eigenvalue weighted by atomic mass is 9.91. The summed E-state index contributed by atoms with van der Waals surface area (Å²) in [6, 6.07) is 0.859. The van der Waals surface area contributed by atoms with Gasteiger partial charge < -0.3 is 24.8 Å². The fourth-order valence-corrected chi connectivity index (χ4v) is 5.64. The van der Waals surface area contributed by atoms with Crippen LogP contribution in [-0.2, 0) is 8.85 Å². The van der Waals surface area contributed by atoms with Gasteiger partial charge in [0, 0.05) is 19.8 Å². The number of hydrogen-bond donors (Lipinski definition) is 3. The Bertz CT molecular complexity index is 283. The van der Waals surface area contributed by atoms with Crippen LogP contribution in [0.5, 0.6) is 0 Å². The van der Waals surface area contributed by atoms with Gasteiger partial charge in [-0.3, -0.25) is 0 Å². The van der Waals surface area contributed by atoms with Gasteiger partial charge in [-0.1, -0.05) is 13.8 Å². The molecule has 1 atom stereocenters. The fourth-order valence-electron chi connectivity index (χ4n) is 2.35. The molecule has 0 saturated heterocycles. The zero-order valence-electron chi connectivity index (χ0n) is 14.4. The van der Waals surface area contributed by atoms with Crippen LogP contribution in [0.4, 0.5) is 0 Å². The van der Waals surface area contributed by atoms with E-state index in [0.717, 1.165) is 12.5 Å². The Balaban J connectivity index is 4.90. The lowest BCUT2D eigenvalue weighted by Gasteiger charge is -2.39. The Morgan fingerprint density at radius 2 is 1.57 bits per heavy atom. The maximum atomic E-state index is 9.25. The summed E-state index contributed by atoms with van der Waals surface area (Å²) in [4.78, 5) is 0. The van der Waals surface area contributed by atoms with Crippen LogP contribution in [0, 0.1) is 5.41 Å². The first-order valence-corrected chi connectivity index (χ1v) is 10.4. The molecule has 0 aromatic rings. The van der Waals surface area contributed by atoms with Gasteiger partial charge in [-0.25, -0.2) is 0 Å². The summed E-state index contributed by atoms with van der Waals surface area (Å²) in [6.45, 7) is 11.6. The van der Waals surface area contributed by atoms with Crippen LogP contribution in [0.2, 0.25) is 12.6 Å². The van der Waals surface area contributed by atoms with Crippen molar-refractivity contribution < 1.29 is 19.1 Å². The third kappa shape index (κ3) is 8.28. The highest BCUT2D eigenvalue weighted by Gasteiger charge is 2.40. The number of aliphatic hydroxyl groups is 2. The third-order valence-corrected chi connectivity index (χ3v) is 6.98. The Labute approximate surface area is 131 Å². The molecule has 0 aromatic carbocycles. The number of rotatable bonds is 12. The first kappa shape index (κ1) is 21.0. The number of hydrogen-bond acceptors (Lipinski definition) is 5. The summed E-state index contributed by atoms with van der Waals surface area (Å²) in [7, 11) is -2.36. The summed E-state index contributed by atoms with van der Waals surface area (Å²) in [6.07, 6.45) is 1.95. The maximum absolute atomic E-state index is 9.25. The summed E-state index contributed by atoms with van der Waals surface area (Å²) in [5.41, 5.74) is 5.33. The molecule has 0 bridgehead atoms. The summed E-state index contributed by atoms with van der Waals surface area (Å²) < 4.78 is 12.3. The van der Waals surface area contributed by atoms with Gasteiger partial charge in [0.05, 0.1) is 5.60 Å². The Kier molecular flexibility index (Phi) is 9.23. The van der Waals surface area contributed by atoms with Crippen molar-refractivity contribution in [1.29, 1.82) is 0 Å². The second-order valence-electron chi connectivity index (χ2n) is 6.93. The second kappa shape index (κ2) is 9.22. The normalized spacial score (nSPS) is 16.0. The van der Waals surface area contributed by atoms with Gasteiger partial charge in [-0.05, 0) is 57.7 Å². The van der Waals surface area contributed by atoms with Crippen LogP contribution in [-0.4, -0.2) is 50.7 Å². The van der Waals surface area contributed by atoms with E-state index in [4.69, 9.17) is 14.6 Å². The molecule has 21 heavy (non-hydrogen) atoms. The van der Waals surface area contributed by atoms with E-state index >= 15 is 0 Å². The summed E-state index contributed by atoms with van der Waals surface area (Å²) in [5, 5.41) is 18.5. The zero-order valence-corrected chi connectivity index (χ0v) is 15.4. The van der Waals surface area contributed by atoms with Gasteiger partial charge in [0.25, 0.3) is 0 Å². The van der Waals surface area contributed by atoms with Crippen molar-refractivity contribution in [2.45, 2.75) is 65.1 Å². The van der Waals surface area contributed by atoms with Gasteiger partial charge in [0.2, 0.25) is 0 Å². The minimum absolute atomic E-state index is 0.0431. The van der Waals surface area contributed by atoms with E-state index in [1.54, 1.807) is 0 Å². The van der Waals surface area contributed by atoms with Crippen LogP contribution in [0.25, 0.3) is 0 Å². The molecule has 0 aromatic heterocycles. The molecule has 4 N–H and O–H groups in total. The Morgan fingerprint density at radius 3 is 1.95 bits per heavy atom. The van der Waals surface area contributed by atoms with Crippen molar-refractivity contribution >= 4 is 8.56 Å². The lowest BCUT2D eigenvalue weighted by molar-refractivity contribution is -0.00102. The van der Waals surface area contributed by atoms with Crippen LogP contribution in [0.1, 0.15) is 47.0 Å². The number of nitrogens with two attached hydrogens (primary N) is 1. The first-order valence-electron chi connectivity index (χ1n) is 7.92. The summed E-state index contributed by atoms with van der Waals surface area (Å²) >= 11 is 0. The molecule has 128 valence electrons. The lowest BCUT2D eigenvalue weighted by Crippen LogP contribution is -2.49. The molecule has 5 nitrogen and oxygen atoms in total. The van der Waals surface area contributed by atoms with Crippen LogP contribution < -0.4 is 5.73 Å². The van der Waals surface area contributed by atoms with E-state index in [2.05, 4.69) is 20.4 Å². The van der Waals surface area contributed by atoms with Gasteiger partial charge in [0.15, 0.2) is 0 Å². The van der Waals surface area contributed by atoms with Gasteiger partial charge >= 0.3 is 8.56 Å². The van der Waals surface area contributed by atoms with Gasteiger partial charge in [-0.2, -0.15) is 0 Å². The molecule has 0 aliphatic heterocycles. The van der Waals surface area contributed by atoms with E-state index in [-0.39, 0.29) is 18.6 Å². The van der Waals surface area contributed by atoms with Crippen molar-refractivity contribution in [1.82, 2.24) is 0 Å². The molecule has 0 heterocycles. The molecule has 0 aliphatic rings. The maximum Gasteiger partial charge on any atom is 0.335 e. The molecule has 0 aliphatic carbocycles. The number of aliphatic hydroxyl groups excluding tert-OH is 2. The standard InChI is InChI=1S/C15H35NO4Si/c1-6-19-21(5,12-9-14(2,3)13-16)20-15(4,7-10-17)8-11-18/h17-18H,6-13,16H2,1-5H3. The molecule has 0 radical (unpaired) electrons. The van der Waals surface area contributed by atoms with Crippen molar-refractivity contribution in [3.63, 3.8) is 0 Å². The highest BCUT2D eigenvalue weighted by molar-refractivity contribution is 6.66. The predicted molar refractivity (Wildman–Crippen MR) is 88.4 cm³/mol. The van der Waals surface area contributed by atoms with Crippen LogP contribution in [0.15, 0.2) is 0 Å². The SMILES string of the molecule is CCO[Si](C)(CCC(C)(C)CN)OC(C)(CCO)CCO. The van der Waals surface area contributed by atoms with Crippen molar-refractivity contribution in [2.75, 3.05) is 26.4 Å². The van der Waals surface area contributed by atoms with E-state index in [0.29, 0.717) is 26.0 Å². The van der Waals surface area contributed by atoms with Crippen molar-refractivity contribution in [2.24, 2.45) is 11.1 Å². The Morgan fingerprint density at radius 1 is 1.05 bits per heavy atom. The van der Waals surface area contributed by atoms with Gasteiger partial charge in [-0.15, -0.1) is 0 Å². The van der Waals surface area contributed by atoms with Crippen molar-refractivity contribution in [3.8, 4) is 0 Å². The average molecular weight is 322 g/mol. The molecular weight excluding hydrogens is 286 g/mol. The first-order chi connectivity index (χ1) is 9.66. The minimum atomic E-state index is -2.36.